The second-order valence-electron chi connectivity index (χ2n) is 3.70. The standard InChI is InChI=1S/C11H22N2O5/c1-17-8-6-13(7-9-18-2)11(16)12-5-3-4-10(14)15/h3-9H2,1-2H3,(H,12,16)(H,14,15). The summed E-state index contributed by atoms with van der Waals surface area (Å²) in [6.07, 6.45) is 0.472. The third kappa shape index (κ3) is 8.77. The summed E-state index contributed by atoms with van der Waals surface area (Å²) in [6, 6.07) is -0.227. The Morgan fingerprint density at radius 3 is 2.17 bits per heavy atom. The third-order valence-electron chi connectivity index (χ3n) is 2.26. The van der Waals surface area contributed by atoms with Crippen molar-refractivity contribution in [3.05, 3.63) is 0 Å². The lowest BCUT2D eigenvalue weighted by Gasteiger charge is -2.22. The fourth-order valence-corrected chi connectivity index (χ4v) is 1.26. The Bertz CT molecular complexity index is 240. The van der Waals surface area contributed by atoms with Crippen LogP contribution >= 0.6 is 0 Å². The van der Waals surface area contributed by atoms with Crippen LogP contribution in [0.4, 0.5) is 4.79 Å². The third-order valence-corrected chi connectivity index (χ3v) is 2.26. The van der Waals surface area contributed by atoms with Crippen molar-refractivity contribution in [3.63, 3.8) is 0 Å². The molecular formula is C11H22N2O5. The van der Waals surface area contributed by atoms with Crippen molar-refractivity contribution in [2.45, 2.75) is 12.8 Å². The molecule has 7 nitrogen and oxygen atoms in total. The van der Waals surface area contributed by atoms with Gasteiger partial charge >= 0.3 is 12.0 Å². The highest BCUT2D eigenvalue weighted by atomic mass is 16.5. The fraction of sp³-hybridized carbons (Fsp3) is 0.818. The second kappa shape index (κ2) is 10.8. The predicted octanol–water partition coefficient (Wildman–Crippen LogP) is 0.156. The van der Waals surface area contributed by atoms with Crippen LogP contribution in [0.15, 0.2) is 0 Å². The number of nitrogens with zero attached hydrogens (tertiary/aromatic N) is 1. The number of hydrogen-bond donors (Lipinski definition) is 2. The Labute approximate surface area is 107 Å². The molecule has 0 aromatic rings. The van der Waals surface area contributed by atoms with Gasteiger partial charge in [-0.05, 0) is 6.42 Å². The van der Waals surface area contributed by atoms with E-state index in [0.717, 1.165) is 0 Å². The lowest BCUT2D eigenvalue weighted by molar-refractivity contribution is -0.137. The molecule has 0 fully saturated rings. The smallest absolute Gasteiger partial charge is 0.317 e. The molecule has 2 N–H and O–H groups in total. The van der Waals surface area contributed by atoms with Crippen LogP contribution in [0.3, 0.4) is 0 Å². The van der Waals surface area contributed by atoms with Gasteiger partial charge in [-0.2, -0.15) is 0 Å². The van der Waals surface area contributed by atoms with Gasteiger partial charge in [0.25, 0.3) is 0 Å². The first-order chi connectivity index (χ1) is 8.61. The van der Waals surface area contributed by atoms with Crippen LogP contribution in [0.25, 0.3) is 0 Å². The summed E-state index contributed by atoms with van der Waals surface area (Å²) in [6.45, 7) is 2.20. The van der Waals surface area contributed by atoms with Gasteiger partial charge in [0.1, 0.15) is 0 Å². The average molecular weight is 262 g/mol. The maximum absolute atomic E-state index is 11.8. The zero-order valence-corrected chi connectivity index (χ0v) is 11.0. The lowest BCUT2D eigenvalue weighted by Crippen LogP contribution is -2.43. The van der Waals surface area contributed by atoms with Gasteiger partial charge in [-0.3, -0.25) is 4.79 Å². The maximum Gasteiger partial charge on any atom is 0.317 e. The van der Waals surface area contributed by atoms with Crippen molar-refractivity contribution < 1.29 is 24.2 Å². The molecule has 0 aromatic carbocycles. The Morgan fingerprint density at radius 1 is 1.17 bits per heavy atom. The normalized spacial score (nSPS) is 10.1. The molecule has 106 valence electrons. The van der Waals surface area contributed by atoms with Gasteiger partial charge in [0.2, 0.25) is 0 Å². The average Bonchev–Trinajstić information content (AvgIpc) is 2.34. The molecule has 18 heavy (non-hydrogen) atoms. The summed E-state index contributed by atoms with van der Waals surface area (Å²) >= 11 is 0. The Morgan fingerprint density at radius 2 is 1.72 bits per heavy atom. The topological polar surface area (TPSA) is 88.1 Å². The van der Waals surface area contributed by atoms with Gasteiger partial charge in [-0.1, -0.05) is 0 Å². The quantitative estimate of drug-likeness (QED) is 0.547. The molecule has 0 unspecified atom stereocenters. The van der Waals surface area contributed by atoms with Gasteiger partial charge in [0, 0.05) is 40.3 Å². The van der Waals surface area contributed by atoms with E-state index < -0.39 is 5.97 Å². The molecule has 0 aliphatic heterocycles. The number of rotatable bonds is 10. The summed E-state index contributed by atoms with van der Waals surface area (Å²) in [5.74, 6) is -0.861. The molecule has 0 bridgehead atoms. The highest BCUT2D eigenvalue weighted by Gasteiger charge is 2.12. The highest BCUT2D eigenvalue weighted by Crippen LogP contribution is 1.92. The number of aliphatic carboxylic acids is 1. The fourth-order valence-electron chi connectivity index (χ4n) is 1.26. The van der Waals surface area contributed by atoms with Crippen molar-refractivity contribution in [2.75, 3.05) is 47.1 Å². The van der Waals surface area contributed by atoms with Gasteiger partial charge in [-0.15, -0.1) is 0 Å². The summed E-state index contributed by atoms with van der Waals surface area (Å²) in [4.78, 5) is 23.6. The number of amides is 2. The largest absolute Gasteiger partial charge is 0.481 e. The Kier molecular flexibility index (Phi) is 9.99. The summed E-state index contributed by atoms with van der Waals surface area (Å²) < 4.78 is 9.84. The van der Waals surface area contributed by atoms with Crippen molar-refractivity contribution >= 4 is 12.0 Å². The van der Waals surface area contributed by atoms with Crippen molar-refractivity contribution in [3.8, 4) is 0 Å². The minimum Gasteiger partial charge on any atom is -0.481 e. The first kappa shape index (κ1) is 16.7. The molecule has 0 rings (SSSR count). The molecule has 0 saturated carbocycles. The summed E-state index contributed by atoms with van der Waals surface area (Å²) in [5.41, 5.74) is 0. The van der Waals surface area contributed by atoms with Crippen LogP contribution in [0, 0.1) is 0 Å². The molecule has 0 atom stereocenters. The molecule has 0 aromatic heterocycles. The van der Waals surface area contributed by atoms with Crippen LogP contribution in [-0.4, -0.2) is 69.1 Å². The number of methoxy groups -OCH3 is 2. The van der Waals surface area contributed by atoms with Crippen LogP contribution in [0.5, 0.6) is 0 Å². The van der Waals surface area contributed by atoms with Crippen molar-refractivity contribution in [2.24, 2.45) is 0 Å². The summed E-state index contributed by atoms with van der Waals surface area (Å²) in [5, 5.41) is 11.1. The van der Waals surface area contributed by atoms with E-state index in [2.05, 4.69) is 5.32 Å². The number of carbonyl (C=O) groups excluding carboxylic acids is 1. The number of urea groups is 1. The Hall–Kier alpha value is -1.34. The Balaban J connectivity index is 3.91. The zero-order chi connectivity index (χ0) is 13.8. The van der Waals surface area contributed by atoms with Crippen LogP contribution < -0.4 is 5.32 Å². The molecule has 0 heterocycles. The lowest BCUT2D eigenvalue weighted by atomic mass is 10.3. The minimum atomic E-state index is -0.861. The number of carbonyl (C=O) groups is 2. The highest BCUT2D eigenvalue weighted by molar-refractivity contribution is 5.74. The van der Waals surface area contributed by atoms with E-state index >= 15 is 0 Å². The number of hydrogen-bond acceptors (Lipinski definition) is 4. The molecule has 0 aliphatic carbocycles. The van der Waals surface area contributed by atoms with E-state index in [0.29, 0.717) is 39.3 Å². The van der Waals surface area contributed by atoms with Crippen molar-refractivity contribution in [1.82, 2.24) is 10.2 Å². The maximum atomic E-state index is 11.8. The number of carboxylic acids is 1. The monoisotopic (exact) mass is 262 g/mol. The summed E-state index contributed by atoms with van der Waals surface area (Å²) in [7, 11) is 3.14. The van der Waals surface area contributed by atoms with E-state index in [1.807, 2.05) is 0 Å². The molecule has 0 spiro atoms. The minimum absolute atomic E-state index is 0.0520. The molecule has 0 aliphatic rings. The molecule has 2 amide bonds. The number of carboxylic acid groups (broad SMARTS) is 1. The van der Waals surface area contributed by atoms with Crippen LogP contribution in [0.1, 0.15) is 12.8 Å². The zero-order valence-electron chi connectivity index (χ0n) is 11.0. The number of nitrogens with one attached hydrogen (secondary N) is 1. The molecule has 7 heteroatoms. The van der Waals surface area contributed by atoms with Gasteiger partial charge < -0.3 is 24.8 Å². The predicted molar refractivity (Wildman–Crippen MR) is 65.6 cm³/mol. The molecular weight excluding hydrogens is 240 g/mol. The first-order valence-electron chi connectivity index (χ1n) is 5.84. The van der Waals surface area contributed by atoms with E-state index in [4.69, 9.17) is 14.6 Å². The van der Waals surface area contributed by atoms with Crippen LogP contribution in [0.2, 0.25) is 0 Å². The van der Waals surface area contributed by atoms with E-state index in [9.17, 15) is 9.59 Å². The number of ether oxygens (including phenoxy) is 2. The van der Waals surface area contributed by atoms with Gasteiger partial charge in [0.15, 0.2) is 0 Å². The molecule has 0 radical (unpaired) electrons. The second-order valence-corrected chi connectivity index (χ2v) is 3.70. The van der Waals surface area contributed by atoms with Gasteiger partial charge in [0.05, 0.1) is 13.2 Å². The van der Waals surface area contributed by atoms with E-state index in [-0.39, 0.29) is 12.5 Å². The van der Waals surface area contributed by atoms with Crippen molar-refractivity contribution in [1.29, 1.82) is 0 Å². The SMILES string of the molecule is COCCN(CCOC)C(=O)NCCCC(=O)O. The van der Waals surface area contributed by atoms with E-state index in [1.165, 1.54) is 0 Å². The van der Waals surface area contributed by atoms with E-state index in [1.54, 1.807) is 19.1 Å². The molecule has 0 saturated heterocycles. The van der Waals surface area contributed by atoms with Gasteiger partial charge in [-0.25, -0.2) is 4.79 Å². The first-order valence-corrected chi connectivity index (χ1v) is 5.84. The van der Waals surface area contributed by atoms with Crippen LogP contribution in [-0.2, 0) is 14.3 Å².